The first-order chi connectivity index (χ1) is 13.8. The number of likely N-dealkylation sites (tertiary alicyclic amines) is 1. The van der Waals surface area contributed by atoms with Crippen LogP contribution in [0.3, 0.4) is 0 Å². The van der Waals surface area contributed by atoms with E-state index < -0.39 is 10.0 Å². The van der Waals surface area contributed by atoms with Gasteiger partial charge in [0.2, 0.25) is 5.91 Å². The topological polar surface area (TPSA) is 57.7 Å². The van der Waals surface area contributed by atoms with Gasteiger partial charge >= 0.3 is 0 Å². The summed E-state index contributed by atoms with van der Waals surface area (Å²) in [5, 5.41) is 0. The van der Waals surface area contributed by atoms with Crippen LogP contribution in [0.4, 0.5) is 5.69 Å². The number of hydrogen-bond donors (Lipinski definition) is 0. The van der Waals surface area contributed by atoms with Crippen molar-refractivity contribution in [2.75, 3.05) is 23.9 Å². The molecule has 29 heavy (non-hydrogen) atoms. The van der Waals surface area contributed by atoms with Crippen molar-refractivity contribution >= 4 is 21.6 Å². The van der Waals surface area contributed by atoms with Gasteiger partial charge in [-0.1, -0.05) is 36.6 Å². The van der Waals surface area contributed by atoms with Crippen molar-refractivity contribution in [3.8, 4) is 0 Å². The van der Waals surface area contributed by atoms with E-state index in [0.29, 0.717) is 18.8 Å². The molecule has 1 amide bonds. The maximum absolute atomic E-state index is 13.5. The van der Waals surface area contributed by atoms with Crippen molar-refractivity contribution in [3.05, 3.63) is 59.2 Å². The first-order valence-corrected chi connectivity index (χ1v) is 11.7. The molecule has 3 rings (SSSR count). The summed E-state index contributed by atoms with van der Waals surface area (Å²) in [6.07, 6.45) is 4.18. The highest BCUT2D eigenvalue weighted by molar-refractivity contribution is 7.92. The quantitative estimate of drug-likeness (QED) is 0.736. The number of carbonyl (C=O) groups excluding carboxylic acids is 1. The Hall–Kier alpha value is -2.34. The standard InChI is InChI=1S/C23H30N2O3S/c1-18-8-10-22(11-9-18)29(27,28)25(21-15-19(2)14-20(3)16-21)17-23(26)24-12-6-4-5-7-13-24/h8-11,14-16H,4-7,12-13,17H2,1-3H3. The third-order valence-corrected chi connectivity index (χ3v) is 7.13. The highest BCUT2D eigenvalue weighted by Gasteiger charge is 2.29. The van der Waals surface area contributed by atoms with Gasteiger partial charge in [0.25, 0.3) is 10.0 Å². The lowest BCUT2D eigenvalue weighted by Crippen LogP contribution is -2.43. The Labute approximate surface area is 174 Å². The van der Waals surface area contributed by atoms with Crippen LogP contribution in [0.2, 0.25) is 0 Å². The average molecular weight is 415 g/mol. The molecular weight excluding hydrogens is 384 g/mol. The zero-order valence-electron chi connectivity index (χ0n) is 17.5. The molecule has 0 N–H and O–H groups in total. The molecule has 0 aliphatic carbocycles. The van der Waals surface area contributed by atoms with Crippen LogP contribution in [0.15, 0.2) is 47.4 Å². The van der Waals surface area contributed by atoms with E-state index in [1.54, 1.807) is 24.3 Å². The lowest BCUT2D eigenvalue weighted by Gasteiger charge is -2.28. The summed E-state index contributed by atoms with van der Waals surface area (Å²) in [6, 6.07) is 12.4. The number of benzene rings is 2. The molecule has 2 aromatic carbocycles. The summed E-state index contributed by atoms with van der Waals surface area (Å²) in [7, 11) is -3.86. The lowest BCUT2D eigenvalue weighted by atomic mass is 10.1. The Bertz CT molecular complexity index is 940. The maximum Gasteiger partial charge on any atom is 0.264 e. The molecule has 0 atom stereocenters. The second-order valence-electron chi connectivity index (χ2n) is 7.97. The van der Waals surface area contributed by atoms with Gasteiger partial charge in [0.15, 0.2) is 0 Å². The zero-order valence-corrected chi connectivity index (χ0v) is 18.3. The summed E-state index contributed by atoms with van der Waals surface area (Å²) < 4.78 is 28.3. The predicted octanol–water partition coefficient (Wildman–Crippen LogP) is 4.21. The van der Waals surface area contributed by atoms with Crippen molar-refractivity contribution in [1.29, 1.82) is 0 Å². The molecule has 156 valence electrons. The number of rotatable bonds is 5. The van der Waals surface area contributed by atoms with E-state index in [1.165, 1.54) is 4.31 Å². The largest absolute Gasteiger partial charge is 0.341 e. The molecule has 0 bridgehead atoms. The molecule has 0 spiro atoms. The van der Waals surface area contributed by atoms with E-state index in [1.807, 2.05) is 43.9 Å². The zero-order chi connectivity index (χ0) is 21.0. The Morgan fingerprint density at radius 1 is 0.862 bits per heavy atom. The van der Waals surface area contributed by atoms with Gasteiger partial charge in [-0.25, -0.2) is 8.42 Å². The second kappa shape index (κ2) is 8.99. The highest BCUT2D eigenvalue weighted by Crippen LogP contribution is 2.26. The fraction of sp³-hybridized carbons (Fsp3) is 0.435. The number of aryl methyl sites for hydroxylation is 3. The molecule has 2 aromatic rings. The summed E-state index contributed by atoms with van der Waals surface area (Å²) >= 11 is 0. The van der Waals surface area contributed by atoms with Crippen LogP contribution < -0.4 is 4.31 Å². The minimum absolute atomic E-state index is 0.137. The minimum atomic E-state index is -3.86. The first-order valence-electron chi connectivity index (χ1n) is 10.2. The van der Waals surface area contributed by atoms with Gasteiger partial charge in [-0.15, -0.1) is 0 Å². The van der Waals surface area contributed by atoms with Crippen LogP contribution >= 0.6 is 0 Å². The van der Waals surface area contributed by atoms with Gasteiger partial charge in [-0.3, -0.25) is 9.10 Å². The van der Waals surface area contributed by atoms with Crippen LogP contribution in [-0.4, -0.2) is 38.9 Å². The van der Waals surface area contributed by atoms with Crippen LogP contribution in [0.25, 0.3) is 0 Å². The Morgan fingerprint density at radius 2 is 1.41 bits per heavy atom. The minimum Gasteiger partial charge on any atom is -0.341 e. The number of amides is 1. The van der Waals surface area contributed by atoms with Crippen LogP contribution in [0.1, 0.15) is 42.4 Å². The SMILES string of the molecule is Cc1ccc(S(=O)(=O)N(CC(=O)N2CCCCCC2)c2cc(C)cc(C)c2)cc1. The number of carbonyl (C=O) groups is 1. The molecule has 1 saturated heterocycles. The Kier molecular flexibility index (Phi) is 6.63. The van der Waals surface area contributed by atoms with Crippen molar-refractivity contribution in [1.82, 2.24) is 4.90 Å². The number of hydrogen-bond acceptors (Lipinski definition) is 3. The molecule has 5 nitrogen and oxygen atoms in total. The van der Waals surface area contributed by atoms with Gasteiger partial charge in [-0.05, 0) is 69.0 Å². The van der Waals surface area contributed by atoms with Gasteiger partial charge in [0, 0.05) is 13.1 Å². The fourth-order valence-electron chi connectivity index (χ4n) is 3.79. The van der Waals surface area contributed by atoms with Crippen LogP contribution in [-0.2, 0) is 14.8 Å². The van der Waals surface area contributed by atoms with Crippen LogP contribution in [0.5, 0.6) is 0 Å². The molecule has 0 aromatic heterocycles. The molecule has 0 radical (unpaired) electrons. The number of sulfonamides is 1. The van der Waals surface area contributed by atoms with Gasteiger partial charge in [0.1, 0.15) is 6.54 Å². The van der Waals surface area contributed by atoms with E-state index in [0.717, 1.165) is 42.4 Å². The first kappa shape index (κ1) is 21.4. The van der Waals surface area contributed by atoms with E-state index in [4.69, 9.17) is 0 Å². The van der Waals surface area contributed by atoms with Gasteiger partial charge in [-0.2, -0.15) is 0 Å². The molecular formula is C23H30N2O3S. The molecule has 6 heteroatoms. The summed E-state index contributed by atoms with van der Waals surface area (Å²) in [5.41, 5.74) is 3.45. The summed E-state index contributed by atoms with van der Waals surface area (Å²) in [5.74, 6) is -0.137. The number of anilines is 1. The van der Waals surface area contributed by atoms with E-state index in [2.05, 4.69) is 0 Å². The Morgan fingerprint density at radius 3 is 1.97 bits per heavy atom. The van der Waals surface area contributed by atoms with Crippen molar-refractivity contribution in [2.45, 2.75) is 51.3 Å². The monoisotopic (exact) mass is 414 g/mol. The van der Waals surface area contributed by atoms with Crippen molar-refractivity contribution in [3.63, 3.8) is 0 Å². The van der Waals surface area contributed by atoms with Gasteiger partial charge in [0.05, 0.1) is 10.6 Å². The van der Waals surface area contributed by atoms with Crippen LogP contribution in [0, 0.1) is 20.8 Å². The third-order valence-electron chi connectivity index (χ3n) is 5.34. The average Bonchev–Trinajstić information content (AvgIpc) is 2.95. The van der Waals surface area contributed by atoms with E-state index >= 15 is 0 Å². The normalized spacial score (nSPS) is 15.1. The maximum atomic E-state index is 13.5. The molecule has 1 fully saturated rings. The smallest absolute Gasteiger partial charge is 0.264 e. The lowest BCUT2D eigenvalue weighted by molar-refractivity contribution is -0.129. The predicted molar refractivity (Wildman–Crippen MR) is 117 cm³/mol. The summed E-state index contributed by atoms with van der Waals surface area (Å²) in [4.78, 5) is 15.1. The van der Waals surface area contributed by atoms with E-state index in [9.17, 15) is 13.2 Å². The van der Waals surface area contributed by atoms with Crippen molar-refractivity contribution in [2.24, 2.45) is 0 Å². The molecule has 1 aliphatic heterocycles. The van der Waals surface area contributed by atoms with E-state index in [-0.39, 0.29) is 17.3 Å². The summed E-state index contributed by atoms with van der Waals surface area (Å²) in [6.45, 7) is 7.00. The molecule has 1 heterocycles. The Balaban J connectivity index is 1.99. The molecule has 0 saturated carbocycles. The highest BCUT2D eigenvalue weighted by atomic mass is 32.2. The molecule has 1 aliphatic rings. The fourth-order valence-corrected chi connectivity index (χ4v) is 5.19. The number of nitrogens with zero attached hydrogens (tertiary/aromatic N) is 2. The molecule has 0 unspecified atom stereocenters. The van der Waals surface area contributed by atoms with Gasteiger partial charge < -0.3 is 4.90 Å². The van der Waals surface area contributed by atoms with Crippen molar-refractivity contribution < 1.29 is 13.2 Å². The second-order valence-corrected chi connectivity index (χ2v) is 9.83. The third kappa shape index (κ3) is 5.18.